The van der Waals surface area contributed by atoms with Crippen molar-refractivity contribution < 1.29 is 19.1 Å². The van der Waals surface area contributed by atoms with Crippen LogP contribution in [0.5, 0.6) is 0 Å². The van der Waals surface area contributed by atoms with Crippen LogP contribution in [0.3, 0.4) is 0 Å². The largest absolute Gasteiger partial charge is 0.469 e. The van der Waals surface area contributed by atoms with E-state index in [-0.39, 0.29) is 13.0 Å². The van der Waals surface area contributed by atoms with Crippen LogP contribution in [0, 0.1) is 0 Å². The fourth-order valence-electron chi connectivity index (χ4n) is 0.452. The van der Waals surface area contributed by atoms with Gasteiger partial charge in [-0.3, -0.25) is 4.79 Å². The maximum absolute atomic E-state index is 10.7. The SMILES string of the molecule is C=C(C)C(=O)OCCC(=O)OC. The van der Waals surface area contributed by atoms with Gasteiger partial charge in [-0.1, -0.05) is 6.58 Å². The van der Waals surface area contributed by atoms with Crippen molar-refractivity contribution in [3.05, 3.63) is 12.2 Å². The second kappa shape index (κ2) is 5.35. The third-order valence-electron chi connectivity index (χ3n) is 1.12. The normalized spacial score (nSPS) is 8.83. The molecule has 0 bridgehead atoms. The van der Waals surface area contributed by atoms with E-state index in [2.05, 4.69) is 16.1 Å². The summed E-state index contributed by atoms with van der Waals surface area (Å²) in [6.07, 6.45) is 0.0789. The Labute approximate surface area is 71.2 Å². The standard InChI is InChI=1S/C8H12O4/c1-6(2)8(10)12-5-4-7(9)11-3/h1,4-5H2,2-3H3. The average Bonchev–Trinajstić information content (AvgIpc) is 2.03. The van der Waals surface area contributed by atoms with Gasteiger partial charge in [0.2, 0.25) is 0 Å². The van der Waals surface area contributed by atoms with Crippen molar-refractivity contribution in [2.75, 3.05) is 13.7 Å². The lowest BCUT2D eigenvalue weighted by molar-refractivity contribution is -0.145. The Hall–Kier alpha value is -1.32. The number of hydrogen-bond acceptors (Lipinski definition) is 4. The monoisotopic (exact) mass is 172 g/mol. The van der Waals surface area contributed by atoms with Crippen LogP contribution in [0.4, 0.5) is 0 Å². The van der Waals surface area contributed by atoms with Gasteiger partial charge in [-0.15, -0.1) is 0 Å². The minimum absolute atomic E-state index is 0.0400. The summed E-state index contributed by atoms with van der Waals surface area (Å²) in [5.74, 6) is -0.886. The quantitative estimate of drug-likeness (QED) is 0.462. The molecule has 0 heterocycles. The molecule has 0 rings (SSSR count). The molecule has 0 aliphatic heterocycles. The van der Waals surface area contributed by atoms with Crippen molar-refractivity contribution in [3.63, 3.8) is 0 Å². The Morgan fingerprint density at radius 1 is 1.42 bits per heavy atom. The number of rotatable bonds is 4. The Balaban J connectivity index is 3.50. The highest BCUT2D eigenvalue weighted by Gasteiger charge is 2.05. The summed E-state index contributed by atoms with van der Waals surface area (Å²) in [6.45, 7) is 4.96. The minimum atomic E-state index is -0.487. The third kappa shape index (κ3) is 4.49. The zero-order valence-corrected chi connectivity index (χ0v) is 7.25. The maximum Gasteiger partial charge on any atom is 0.333 e. The first-order chi connectivity index (χ1) is 5.57. The molecule has 12 heavy (non-hydrogen) atoms. The Morgan fingerprint density at radius 3 is 2.42 bits per heavy atom. The minimum Gasteiger partial charge on any atom is -0.469 e. The number of ether oxygens (including phenoxy) is 2. The van der Waals surface area contributed by atoms with E-state index in [1.165, 1.54) is 7.11 Å². The molecule has 0 fully saturated rings. The van der Waals surface area contributed by atoms with Crippen LogP contribution < -0.4 is 0 Å². The van der Waals surface area contributed by atoms with Crippen LogP contribution >= 0.6 is 0 Å². The van der Waals surface area contributed by atoms with Gasteiger partial charge in [-0.25, -0.2) is 4.79 Å². The highest BCUT2D eigenvalue weighted by atomic mass is 16.5. The second-order valence-electron chi connectivity index (χ2n) is 2.24. The summed E-state index contributed by atoms with van der Waals surface area (Å²) in [5, 5.41) is 0. The van der Waals surface area contributed by atoms with Crippen molar-refractivity contribution in [2.45, 2.75) is 13.3 Å². The lowest BCUT2D eigenvalue weighted by atomic mass is 10.4. The molecule has 0 atom stereocenters. The summed E-state index contributed by atoms with van der Waals surface area (Å²) >= 11 is 0. The molecule has 68 valence electrons. The molecule has 0 aliphatic rings. The second-order valence-corrected chi connectivity index (χ2v) is 2.24. The van der Waals surface area contributed by atoms with Crippen molar-refractivity contribution in [1.29, 1.82) is 0 Å². The topological polar surface area (TPSA) is 52.6 Å². The lowest BCUT2D eigenvalue weighted by Gasteiger charge is -2.02. The molecule has 0 aromatic carbocycles. The number of esters is 2. The van der Waals surface area contributed by atoms with E-state index in [1.807, 2.05) is 0 Å². The summed E-state index contributed by atoms with van der Waals surface area (Å²) in [5.41, 5.74) is 0.319. The molecule has 0 N–H and O–H groups in total. The van der Waals surface area contributed by atoms with E-state index in [4.69, 9.17) is 0 Å². The van der Waals surface area contributed by atoms with Crippen molar-refractivity contribution in [3.8, 4) is 0 Å². The van der Waals surface area contributed by atoms with Gasteiger partial charge >= 0.3 is 11.9 Å². The van der Waals surface area contributed by atoms with Crippen molar-refractivity contribution in [1.82, 2.24) is 0 Å². The molecular weight excluding hydrogens is 160 g/mol. The zero-order valence-electron chi connectivity index (χ0n) is 7.25. The first-order valence-electron chi connectivity index (χ1n) is 3.47. The Bertz CT molecular complexity index is 195. The highest BCUT2D eigenvalue weighted by molar-refractivity contribution is 5.87. The fourth-order valence-corrected chi connectivity index (χ4v) is 0.452. The number of carbonyl (C=O) groups is 2. The number of hydrogen-bond donors (Lipinski definition) is 0. The first kappa shape index (κ1) is 10.7. The summed E-state index contributed by atoms with van der Waals surface area (Å²) in [6, 6.07) is 0. The van der Waals surface area contributed by atoms with E-state index in [0.29, 0.717) is 5.57 Å². The van der Waals surface area contributed by atoms with Crippen LogP contribution in [0.2, 0.25) is 0 Å². The molecule has 4 heteroatoms. The van der Waals surface area contributed by atoms with Gasteiger partial charge in [0.1, 0.15) is 6.61 Å². The number of methoxy groups -OCH3 is 1. The van der Waals surface area contributed by atoms with Crippen LogP contribution in [-0.2, 0) is 19.1 Å². The predicted molar refractivity (Wildman–Crippen MR) is 42.4 cm³/mol. The molecule has 0 amide bonds. The smallest absolute Gasteiger partial charge is 0.333 e. The van der Waals surface area contributed by atoms with Gasteiger partial charge in [0.25, 0.3) is 0 Å². The third-order valence-corrected chi connectivity index (χ3v) is 1.12. The fraction of sp³-hybridized carbons (Fsp3) is 0.500. The van der Waals surface area contributed by atoms with Crippen LogP contribution in [0.1, 0.15) is 13.3 Å². The van der Waals surface area contributed by atoms with Crippen LogP contribution in [-0.4, -0.2) is 25.7 Å². The van der Waals surface area contributed by atoms with Gasteiger partial charge in [0, 0.05) is 5.57 Å². The molecular formula is C8H12O4. The van der Waals surface area contributed by atoms with E-state index in [1.54, 1.807) is 6.92 Å². The summed E-state index contributed by atoms with van der Waals surface area (Å²) in [4.78, 5) is 21.3. The molecule has 0 aromatic heterocycles. The summed E-state index contributed by atoms with van der Waals surface area (Å²) < 4.78 is 8.98. The first-order valence-corrected chi connectivity index (χ1v) is 3.47. The highest BCUT2D eigenvalue weighted by Crippen LogP contribution is 1.93. The molecule has 0 radical (unpaired) electrons. The lowest BCUT2D eigenvalue weighted by Crippen LogP contribution is -2.10. The molecule has 0 saturated carbocycles. The van der Waals surface area contributed by atoms with E-state index < -0.39 is 11.9 Å². The van der Waals surface area contributed by atoms with Crippen LogP contribution in [0.15, 0.2) is 12.2 Å². The summed E-state index contributed by atoms with van der Waals surface area (Å²) in [7, 11) is 1.28. The molecule has 0 unspecified atom stereocenters. The van der Waals surface area contributed by atoms with Gasteiger partial charge in [0.15, 0.2) is 0 Å². The van der Waals surface area contributed by atoms with E-state index in [0.717, 1.165) is 0 Å². The Kier molecular flexibility index (Phi) is 4.76. The predicted octanol–water partition coefficient (Wildman–Crippen LogP) is 0.669. The van der Waals surface area contributed by atoms with Gasteiger partial charge in [0.05, 0.1) is 13.5 Å². The van der Waals surface area contributed by atoms with Gasteiger partial charge < -0.3 is 9.47 Å². The van der Waals surface area contributed by atoms with E-state index in [9.17, 15) is 9.59 Å². The number of carbonyl (C=O) groups excluding carboxylic acids is 2. The molecule has 0 saturated heterocycles. The molecule has 0 spiro atoms. The van der Waals surface area contributed by atoms with Crippen LogP contribution in [0.25, 0.3) is 0 Å². The maximum atomic E-state index is 10.7. The Morgan fingerprint density at radius 2 is 2.00 bits per heavy atom. The molecule has 0 aromatic rings. The van der Waals surface area contributed by atoms with Crippen molar-refractivity contribution >= 4 is 11.9 Å². The van der Waals surface area contributed by atoms with Gasteiger partial charge in [-0.2, -0.15) is 0 Å². The van der Waals surface area contributed by atoms with Crippen molar-refractivity contribution in [2.24, 2.45) is 0 Å². The van der Waals surface area contributed by atoms with Gasteiger partial charge in [-0.05, 0) is 6.92 Å². The van der Waals surface area contributed by atoms with E-state index >= 15 is 0 Å². The zero-order chi connectivity index (χ0) is 9.56. The average molecular weight is 172 g/mol. The molecule has 4 nitrogen and oxygen atoms in total. The molecule has 0 aliphatic carbocycles.